The number of piperidine rings is 1. The third-order valence-electron chi connectivity index (χ3n) is 4.56. The van der Waals surface area contributed by atoms with Gasteiger partial charge in [-0.15, -0.1) is 0 Å². The summed E-state index contributed by atoms with van der Waals surface area (Å²) in [6, 6.07) is 0. The number of carbonyl (C=O) groups excluding carboxylic acids is 1. The number of likely N-dealkylation sites (tertiary alicyclic amines) is 1. The van der Waals surface area contributed by atoms with Crippen LogP contribution in [-0.4, -0.2) is 43.5 Å². The molecular formula is C15H29N3O. The van der Waals surface area contributed by atoms with Crippen LogP contribution in [0.3, 0.4) is 0 Å². The first-order chi connectivity index (χ1) is 9.29. The van der Waals surface area contributed by atoms with Crippen molar-refractivity contribution >= 4 is 5.91 Å². The smallest absolute Gasteiger partial charge is 0.224 e. The maximum atomic E-state index is 12.0. The first-order valence-electron chi connectivity index (χ1n) is 7.99. The number of hydrogen-bond donors (Lipinski definition) is 2. The summed E-state index contributed by atoms with van der Waals surface area (Å²) in [6.45, 7) is 4.48. The van der Waals surface area contributed by atoms with E-state index in [2.05, 4.69) is 10.2 Å². The second kappa shape index (κ2) is 7.85. The van der Waals surface area contributed by atoms with Gasteiger partial charge >= 0.3 is 0 Å². The standard InChI is InChI=1S/C15H29N3O/c16-8-9-17-15(19)14-7-4-10-18(12-14)11-13-5-2-1-3-6-13/h13-14H,1-12,16H2,(H,17,19). The van der Waals surface area contributed by atoms with Gasteiger partial charge in [-0.1, -0.05) is 19.3 Å². The SMILES string of the molecule is NCCNC(=O)C1CCCN(CC2CCCCC2)C1. The minimum absolute atomic E-state index is 0.184. The van der Waals surface area contributed by atoms with Crippen LogP contribution in [0.2, 0.25) is 0 Å². The topological polar surface area (TPSA) is 58.4 Å². The number of amides is 1. The Balaban J connectivity index is 1.74. The molecule has 1 aliphatic heterocycles. The van der Waals surface area contributed by atoms with Gasteiger partial charge in [0.15, 0.2) is 0 Å². The molecule has 1 amide bonds. The van der Waals surface area contributed by atoms with Crippen LogP contribution < -0.4 is 11.1 Å². The zero-order valence-electron chi connectivity index (χ0n) is 12.1. The van der Waals surface area contributed by atoms with Crippen LogP contribution in [0.15, 0.2) is 0 Å². The number of hydrogen-bond acceptors (Lipinski definition) is 3. The van der Waals surface area contributed by atoms with Gasteiger partial charge < -0.3 is 16.0 Å². The molecule has 1 saturated carbocycles. The molecule has 1 saturated heterocycles. The number of nitrogens with zero attached hydrogens (tertiary/aromatic N) is 1. The zero-order valence-corrected chi connectivity index (χ0v) is 12.1. The summed E-state index contributed by atoms with van der Waals surface area (Å²) in [7, 11) is 0. The van der Waals surface area contributed by atoms with Gasteiger partial charge in [0.2, 0.25) is 5.91 Å². The van der Waals surface area contributed by atoms with Crippen molar-refractivity contribution in [1.82, 2.24) is 10.2 Å². The minimum atomic E-state index is 0.184. The molecule has 4 heteroatoms. The molecule has 0 bridgehead atoms. The predicted octanol–water partition coefficient (Wildman–Crippen LogP) is 1.35. The van der Waals surface area contributed by atoms with Crippen LogP contribution in [0.5, 0.6) is 0 Å². The van der Waals surface area contributed by atoms with Crippen LogP contribution in [0.4, 0.5) is 0 Å². The lowest BCUT2D eigenvalue weighted by molar-refractivity contribution is -0.126. The minimum Gasteiger partial charge on any atom is -0.355 e. The van der Waals surface area contributed by atoms with E-state index in [1.54, 1.807) is 0 Å². The summed E-state index contributed by atoms with van der Waals surface area (Å²) >= 11 is 0. The first-order valence-corrected chi connectivity index (χ1v) is 7.99. The molecule has 19 heavy (non-hydrogen) atoms. The monoisotopic (exact) mass is 267 g/mol. The second-order valence-corrected chi connectivity index (χ2v) is 6.18. The number of nitrogens with two attached hydrogens (primary N) is 1. The van der Waals surface area contributed by atoms with E-state index in [-0.39, 0.29) is 11.8 Å². The fourth-order valence-electron chi connectivity index (χ4n) is 3.51. The fourth-order valence-corrected chi connectivity index (χ4v) is 3.51. The highest BCUT2D eigenvalue weighted by atomic mass is 16.1. The normalized spacial score (nSPS) is 26.3. The van der Waals surface area contributed by atoms with E-state index >= 15 is 0 Å². The molecule has 2 rings (SSSR count). The average Bonchev–Trinajstić information content (AvgIpc) is 2.46. The number of rotatable bonds is 5. The van der Waals surface area contributed by atoms with Crippen molar-refractivity contribution in [3.05, 3.63) is 0 Å². The summed E-state index contributed by atoms with van der Waals surface area (Å²) in [5.41, 5.74) is 5.43. The number of nitrogens with one attached hydrogen (secondary N) is 1. The summed E-state index contributed by atoms with van der Waals surface area (Å²) in [4.78, 5) is 14.5. The molecular weight excluding hydrogens is 238 g/mol. The Hall–Kier alpha value is -0.610. The average molecular weight is 267 g/mol. The van der Waals surface area contributed by atoms with Crippen molar-refractivity contribution < 1.29 is 4.79 Å². The summed E-state index contributed by atoms with van der Waals surface area (Å²) in [6.07, 6.45) is 9.20. The summed E-state index contributed by atoms with van der Waals surface area (Å²) < 4.78 is 0. The first kappa shape index (κ1) is 14.8. The largest absolute Gasteiger partial charge is 0.355 e. The van der Waals surface area contributed by atoms with Crippen molar-refractivity contribution in [2.24, 2.45) is 17.6 Å². The van der Waals surface area contributed by atoms with Crippen LogP contribution in [0, 0.1) is 11.8 Å². The molecule has 0 spiro atoms. The van der Waals surface area contributed by atoms with Crippen LogP contribution >= 0.6 is 0 Å². The maximum absolute atomic E-state index is 12.0. The van der Waals surface area contributed by atoms with E-state index in [1.165, 1.54) is 45.2 Å². The van der Waals surface area contributed by atoms with Crippen molar-refractivity contribution in [2.45, 2.75) is 44.9 Å². The van der Waals surface area contributed by atoms with Gasteiger partial charge in [-0.25, -0.2) is 0 Å². The van der Waals surface area contributed by atoms with Gasteiger partial charge in [-0.05, 0) is 38.1 Å². The molecule has 1 heterocycles. The lowest BCUT2D eigenvalue weighted by Gasteiger charge is -2.35. The molecule has 1 atom stereocenters. The van der Waals surface area contributed by atoms with Crippen molar-refractivity contribution in [1.29, 1.82) is 0 Å². The number of carbonyl (C=O) groups is 1. The van der Waals surface area contributed by atoms with Gasteiger partial charge in [0.05, 0.1) is 5.92 Å². The molecule has 2 aliphatic rings. The van der Waals surface area contributed by atoms with Gasteiger partial charge in [0.25, 0.3) is 0 Å². The lowest BCUT2D eigenvalue weighted by atomic mass is 9.88. The third-order valence-corrected chi connectivity index (χ3v) is 4.56. The Morgan fingerprint density at radius 2 is 1.95 bits per heavy atom. The van der Waals surface area contributed by atoms with E-state index in [0.717, 1.165) is 25.3 Å². The Bertz CT molecular complexity index is 277. The van der Waals surface area contributed by atoms with Crippen molar-refractivity contribution in [3.8, 4) is 0 Å². The van der Waals surface area contributed by atoms with Crippen molar-refractivity contribution in [3.63, 3.8) is 0 Å². The van der Waals surface area contributed by atoms with E-state index in [0.29, 0.717) is 13.1 Å². The maximum Gasteiger partial charge on any atom is 0.224 e. The van der Waals surface area contributed by atoms with Gasteiger partial charge in [0, 0.05) is 26.2 Å². The summed E-state index contributed by atoms with van der Waals surface area (Å²) in [5, 5.41) is 2.94. The highest BCUT2D eigenvalue weighted by Crippen LogP contribution is 2.26. The van der Waals surface area contributed by atoms with Crippen LogP contribution in [-0.2, 0) is 4.79 Å². The van der Waals surface area contributed by atoms with E-state index < -0.39 is 0 Å². The Kier molecular flexibility index (Phi) is 6.11. The molecule has 1 unspecified atom stereocenters. The molecule has 0 radical (unpaired) electrons. The third kappa shape index (κ3) is 4.77. The lowest BCUT2D eigenvalue weighted by Crippen LogP contribution is -2.45. The van der Waals surface area contributed by atoms with E-state index in [1.807, 2.05) is 0 Å². The Labute approximate surface area is 117 Å². The molecule has 4 nitrogen and oxygen atoms in total. The molecule has 0 aromatic heterocycles. The Morgan fingerprint density at radius 3 is 2.68 bits per heavy atom. The van der Waals surface area contributed by atoms with Gasteiger partial charge in [0.1, 0.15) is 0 Å². The Morgan fingerprint density at radius 1 is 1.16 bits per heavy atom. The predicted molar refractivity (Wildman–Crippen MR) is 77.8 cm³/mol. The molecule has 3 N–H and O–H groups in total. The van der Waals surface area contributed by atoms with Crippen LogP contribution in [0.1, 0.15) is 44.9 Å². The molecule has 110 valence electrons. The van der Waals surface area contributed by atoms with Gasteiger partial charge in [-0.3, -0.25) is 4.79 Å². The van der Waals surface area contributed by atoms with E-state index in [9.17, 15) is 4.79 Å². The van der Waals surface area contributed by atoms with Crippen LogP contribution in [0.25, 0.3) is 0 Å². The fraction of sp³-hybridized carbons (Fsp3) is 0.933. The highest BCUT2D eigenvalue weighted by Gasteiger charge is 2.27. The van der Waals surface area contributed by atoms with Gasteiger partial charge in [-0.2, -0.15) is 0 Å². The molecule has 0 aromatic carbocycles. The molecule has 0 aromatic rings. The van der Waals surface area contributed by atoms with Crippen molar-refractivity contribution in [2.75, 3.05) is 32.7 Å². The van der Waals surface area contributed by atoms with E-state index in [4.69, 9.17) is 5.73 Å². The zero-order chi connectivity index (χ0) is 13.5. The highest BCUT2D eigenvalue weighted by molar-refractivity contribution is 5.78. The second-order valence-electron chi connectivity index (χ2n) is 6.18. The molecule has 2 fully saturated rings. The molecule has 1 aliphatic carbocycles. The summed E-state index contributed by atoms with van der Waals surface area (Å²) in [5.74, 6) is 1.27. The quantitative estimate of drug-likeness (QED) is 0.790.